The Morgan fingerprint density at radius 3 is 2.52 bits per heavy atom. The maximum atomic E-state index is 12.4. The molecule has 7 nitrogen and oxygen atoms in total. The summed E-state index contributed by atoms with van der Waals surface area (Å²) in [5.74, 6) is 1.05. The molecule has 23 heavy (non-hydrogen) atoms. The van der Waals surface area contributed by atoms with Crippen molar-refractivity contribution in [3.8, 4) is 11.8 Å². The average Bonchev–Trinajstić information content (AvgIpc) is 2.56. The summed E-state index contributed by atoms with van der Waals surface area (Å²) in [6.45, 7) is 2.49. The minimum atomic E-state index is -0.245. The van der Waals surface area contributed by atoms with E-state index in [0.717, 1.165) is 5.75 Å². The van der Waals surface area contributed by atoms with Gasteiger partial charge in [-0.05, 0) is 31.2 Å². The minimum absolute atomic E-state index is 0.243. The van der Waals surface area contributed by atoms with Gasteiger partial charge < -0.3 is 19.7 Å². The van der Waals surface area contributed by atoms with E-state index < -0.39 is 0 Å². The minimum Gasteiger partial charge on any atom is -0.494 e. The van der Waals surface area contributed by atoms with Gasteiger partial charge in [0.2, 0.25) is 0 Å². The van der Waals surface area contributed by atoms with Crippen LogP contribution in [0.2, 0.25) is 0 Å². The number of carbonyl (C=O) groups is 1. The van der Waals surface area contributed by atoms with Gasteiger partial charge in [0, 0.05) is 19.7 Å². The Morgan fingerprint density at radius 2 is 1.96 bits per heavy atom. The van der Waals surface area contributed by atoms with Gasteiger partial charge in [-0.1, -0.05) is 0 Å². The Balaban J connectivity index is 2.19. The first-order valence-corrected chi connectivity index (χ1v) is 7.17. The monoisotopic (exact) mass is 316 g/mol. The van der Waals surface area contributed by atoms with Gasteiger partial charge in [0.05, 0.1) is 19.9 Å². The summed E-state index contributed by atoms with van der Waals surface area (Å²) in [4.78, 5) is 22.4. The van der Waals surface area contributed by atoms with Crippen LogP contribution in [0.5, 0.6) is 11.8 Å². The Bertz CT molecular complexity index is 672. The molecule has 1 N–H and O–H groups in total. The number of carbonyl (C=O) groups excluding carboxylic acids is 1. The molecule has 0 aliphatic rings. The lowest BCUT2D eigenvalue weighted by Gasteiger charge is -2.16. The van der Waals surface area contributed by atoms with Gasteiger partial charge in [-0.2, -0.15) is 4.98 Å². The molecule has 1 amide bonds. The molecule has 0 fully saturated rings. The summed E-state index contributed by atoms with van der Waals surface area (Å²) >= 11 is 0. The predicted molar refractivity (Wildman–Crippen MR) is 88.5 cm³/mol. The molecule has 0 saturated carbocycles. The molecule has 2 rings (SSSR count). The third-order valence-corrected chi connectivity index (χ3v) is 3.03. The van der Waals surface area contributed by atoms with Gasteiger partial charge in [0.25, 0.3) is 5.91 Å². The van der Waals surface area contributed by atoms with Crippen LogP contribution in [0.3, 0.4) is 0 Å². The molecule has 1 heterocycles. The van der Waals surface area contributed by atoms with Crippen LogP contribution in [-0.4, -0.2) is 43.7 Å². The largest absolute Gasteiger partial charge is 0.494 e. The fourth-order valence-corrected chi connectivity index (χ4v) is 1.95. The first-order valence-electron chi connectivity index (χ1n) is 7.17. The molecule has 0 unspecified atom stereocenters. The third-order valence-electron chi connectivity index (χ3n) is 3.03. The van der Waals surface area contributed by atoms with Crippen LogP contribution < -0.4 is 19.7 Å². The fraction of sp³-hybridized carbons (Fsp3) is 0.312. The quantitative estimate of drug-likeness (QED) is 0.880. The van der Waals surface area contributed by atoms with Crippen LogP contribution in [0.25, 0.3) is 0 Å². The third kappa shape index (κ3) is 4.09. The number of methoxy groups -OCH3 is 1. The van der Waals surface area contributed by atoms with E-state index in [-0.39, 0.29) is 11.9 Å². The molecule has 0 saturated heterocycles. The summed E-state index contributed by atoms with van der Waals surface area (Å²) in [5.41, 5.74) is 1.03. The van der Waals surface area contributed by atoms with Crippen LogP contribution >= 0.6 is 0 Å². The summed E-state index contributed by atoms with van der Waals surface area (Å²) in [6.07, 6.45) is 1.52. The zero-order valence-corrected chi connectivity index (χ0v) is 13.7. The van der Waals surface area contributed by atoms with E-state index in [1.54, 1.807) is 29.2 Å². The van der Waals surface area contributed by atoms with Crippen molar-refractivity contribution >= 4 is 17.4 Å². The van der Waals surface area contributed by atoms with E-state index in [1.807, 2.05) is 21.0 Å². The Kier molecular flexibility index (Phi) is 5.35. The zero-order valence-electron chi connectivity index (χ0n) is 13.7. The highest BCUT2D eigenvalue weighted by molar-refractivity contribution is 6.05. The molecule has 0 radical (unpaired) electrons. The van der Waals surface area contributed by atoms with Gasteiger partial charge in [-0.25, -0.2) is 4.98 Å². The predicted octanol–water partition coefficient (Wildman–Crippen LogP) is 2.20. The molecule has 7 heteroatoms. The van der Waals surface area contributed by atoms with Gasteiger partial charge in [0.1, 0.15) is 11.4 Å². The summed E-state index contributed by atoms with van der Waals surface area (Å²) in [6, 6.07) is 7.18. The van der Waals surface area contributed by atoms with Crippen LogP contribution in [-0.2, 0) is 0 Å². The van der Waals surface area contributed by atoms with E-state index in [9.17, 15) is 4.79 Å². The maximum Gasteiger partial charge on any atom is 0.318 e. The molecule has 122 valence electrons. The standard InChI is InChI=1S/C16H20N4O3/c1-5-23-12-8-6-11(7-9-12)15(21)18-13-10-17-16(22-4)19-14(13)20(2)3/h6-10H,5H2,1-4H3,(H,18,21). The van der Waals surface area contributed by atoms with E-state index in [1.165, 1.54) is 13.3 Å². The van der Waals surface area contributed by atoms with Crippen LogP contribution in [0.4, 0.5) is 11.5 Å². The second-order valence-corrected chi connectivity index (χ2v) is 4.90. The first kappa shape index (κ1) is 16.5. The number of benzene rings is 1. The number of hydrogen-bond acceptors (Lipinski definition) is 6. The molecular formula is C16H20N4O3. The number of anilines is 2. The highest BCUT2D eigenvalue weighted by Gasteiger charge is 2.13. The van der Waals surface area contributed by atoms with Crippen molar-refractivity contribution in [1.82, 2.24) is 9.97 Å². The van der Waals surface area contributed by atoms with Crippen molar-refractivity contribution in [1.29, 1.82) is 0 Å². The van der Waals surface area contributed by atoms with Crippen molar-refractivity contribution < 1.29 is 14.3 Å². The SMILES string of the molecule is CCOc1ccc(C(=O)Nc2cnc(OC)nc2N(C)C)cc1. The van der Waals surface area contributed by atoms with Crippen molar-refractivity contribution in [2.75, 3.05) is 38.0 Å². The molecule has 1 aromatic carbocycles. The molecule has 2 aromatic rings. The summed E-state index contributed by atoms with van der Waals surface area (Å²) in [7, 11) is 5.15. The van der Waals surface area contributed by atoms with E-state index >= 15 is 0 Å². The van der Waals surface area contributed by atoms with Crippen LogP contribution in [0.15, 0.2) is 30.5 Å². The molecule has 0 aliphatic carbocycles. The van der Waals surface area contributed by atoms with Crippen LogP contribution in [0, 0.1) is 0 Å². The number of aromatic nitrogens is 2. The second-order valence-electron chi connectivity index (χ2n) is 4.90. The smallest absolute Gasteiger partial charge is 0.318 e. The number of hydrogen-bond donors (Lipinski definition) is 1. The van der Waals surface area contributed by atoms with Crippen molar-refractivity contribution in [3.63, 3.8) is 0 Å². The topological polar surface area (TPSA) is 76.6 Å². The zero-order chi connectivity index (χ0) is 16.8. The number of ether oxygens (including phenoxy) is 2. The molecule has 0 spiro atoms. The van der Waals surface area contributed by atoms with Gasteiger partial charge in [-0.15, -0.1) is 0 Å². The van der Waals surface area contributed by atoms with E-state index in [4.69, 9.17) is 9.47 Å². The van der Waals surface area contributed by atoms with Gasteiger partial charge in [0.15, 0.2) is 5.82 Å². The molecule has 0 bridgehead atoms. The van der Waals surface area contributed by atoms with Gasteiger partial charge in [-0.3, -0.25) is 4.79 Å². The summed E-state index contributed by atoms with van der Waals surface area (Å²) < 4.78 is 10.4. The number of amides is 1. The normalized spacial score (nSPS) is 10.1. The highest BCUT2D eigenvalue weighted by atomic mass is 16.5. The Morgan fingerprint density at radius 1 is 1.26 bits per heavy atom. The second kappa shape index (κ2) is 7.44. The molecule has 0 aliphatic heterocycles. The van der Waals surface area contributed by atoms with Crippen LogP contribution in [0.1, 0.15) is 17.3 Å². The Hall–Kier alpha value is -2.83. The maximum absolute atomic E-state index is 12.4. The number of nitrogens with zero attached hydrogens (tertiary/aromatic N) is 3. The molecule has 1 aromatic heterocycles. The van der Waals surface area contributed by atoms with Crippen molar-refractivity contribution in [2.45, 2.75) is 6.92 Å². The summed E-state index contributed by atoms with van der Waals surface area (Å²) in [5, 5.41) is 2.81. The van der Waals surface area contributed by atoms with Gasteiger partial charge >= 0.3 is 6.01 Å². The first-order chi connectivity index (χ1) is 11.0. The molecule has 0 atom stereocenters. The van der Waals surface area contributed by atoms with Crippen molar-refractivity contribution in [2.24, 2.45) is 0 Å². The lowest BCUT2D eigenvalue weighted by molar-refractivity contribution is 0.102. The number of nitrogens with one attached hydrogen (secondary N) is 1. The lowest BCUT2D eigenvalue weighted by Crippen LogP contribution is -2.18. The Labute approximate surface area is 135 Å². The lowest BCUT2D eigenvalue weighted by atomic mass is 10.2. The van der Waals surface area contributed by atoms with Crippen molar-refractivity contribution in [3.05, 3.63) is 36.0 Å². The average molecular weight is 316 g/mol. The molecular weight excluding hydrogens is 296 g/mol. The van der Waals surface area contributed by atoms with E-state index in [2.05, 4.69) is 15.3 Å². The van der Waals surface area contributed by atoms with E-state index in [0.29, 0.717) is 23.7 Å². The number of rotatable bonds is 6. The fourth-order valence-electron chi connectivity index (χ4n) is 1.95. The highest BCUT2D eigenvalue weighted by Crippen LogP contribution is 2.23.